The quantitative estimate of drug-likeness (QED) is 0.531. The van der Waals surface area contributed by atoms with E-state index in [0.717, 1.165) is 29.7 Å². The fraction of sp³-hybridized carbons (Fsp3) is 0.429. The number of anilines is 1. The third kappa shape index (κ3) is 4.03. The molecule has 0 spiro atoms. The molecular weight excluding hydrogens is 418 g/mol. The number of aromatic nitrogens is 3. The van der Waals surface area contributed by atoms with Crippen LogP contribution in [0.2, 0.25) is 0 Å². The number of hydrogen-bond donors (Lipinski definition) is 3. The number of rotatable bonds is 6. The summed E-state index contributed by atoms with van der Waals surface area (Å²) in [4.78, 5) is 8.97. The number of aliphatic hydroxyl groups excluding tert-OH is 1. The largest absolute Gasteiger partial charge is 0.393 e. The van der Waals surface area contributed by atoms with Gasteiger partial charge in [-0.15, -0.1) is 0 Å². The molecule has 1 aromatic carbocycles. The number of aliphatic hydroxyl groups is 1. The molecule has 5 rings (SSSR count). The molecule has 164 valence electrons. The van der Waals surface area contributed by atoms with Crippen molar-refractivity contribution in [1.29, 1.82) is 0 Å². The third-order valence-corrected chi connectivity index (χ3v) is 6.89. The van der Waals surface area contributed by atoms with Crippen LogP contribution in [-0.2, 0) is 20.9 Å². The number of fused-ring (bicyclic) bond motifs is 2. The molecule has 1 saturated carbocycles. The highest BCUT2D eigenvalue weighted by atomic mass is 32.2. The number of nitrogens with one attached hydrogen (secondary N) is 1. The maximum Gasteiger partial charge on any atom is 0.333 e. The van der Waals surface area contributed by atoms with Gasteiger partial charge < -0.3 is 15.0 Å². The van der Waals surface area contributed by atoms with Crippen molar-refractivity contribution in [1.82, 2.24) is 14.5 Å². The number of benzene rings is 1. The van der Waals surface area contributed by atoms with E-state index in [2.05, 4.69) is 39.6 Å². The smallest absolute Gasteiger partial charge is 0.333 e. The third-order valence-electron chi connectivity index (χ3n) is 6.43. The van der Waals surface area contributed by atoms with Gasteiger partial charge in [0.15, 0.2) is 0 Å². The highest BCUT2D eigenvalue weighted by molar-refractivity contribution is 7.84. The van der Waals surface area contributed by atoms with Gasteiger partial charge in [-0.1, -0.05) is 24.3 Å². The fourth-order valence-electron chi connectivity index (χ4n) is 4.92. The summed E-state index contributed by atoms with van der Waals surface area (Å²) in [5.41, 5.74) is 3.47. The van der Waals surface area contributed by atoms with E-state index in [1.807, 2.05) is 16.8 Å². The van der Waals surface area contributed by atoms with Gasteiger partial charge in [-0.3, -0.25) is 4.18 Å². The second kappa shape index (κ2) is 7.86. The van der Waals surface area contributed by atoms with Crippen LogP contribution in [0.25, 0.3) is 11.0 Å². The van der Waals surface area contributed by atoms with Gasteiger partial charge in [0.1, 0.15) is 17.8 Å². The van der Waals surface area contributed by atoms with E-state index in [-0.39, 0.29) is 24.6 Å². The highest BCUT2D eigenvalue weighted by Crippen LogP contribution is 2.39. The molecule has 2 aliphatic carbocycles. The van der Waals surface area contributed by atoms with Crippen molar-refractivity contribution in [2.45, 2.75) is 43.9 Å². The Morgan fingerprint density at radius 3 is 2.90 bits per heavy atom. The Morgan fingerprint density at radius 1 is 1.23 bits per heavy atom. The molecule has 10 heteroatoms. The van der Waals surface area contributed by atoms with Crippen molar-refractivity contribution in [2.24, 2.45) is 11.1 Å². The second-order valence-corrected chi connectivity index (χ2v) is 9.57. The van der Waals surface area contributed by atoms with Crippen LogP contribution in [0.4, 0.5) is 5.82 Å². The van der Waals surface area contributed by atoms with Gasteiger partial charge in [0.2, 0.25) is 0 Å². The van der Waals surface area contributed by atoms with E-state index in [9.17, 15) is 13.5 Å². The summed E-state index contributed by atoms with van der Waals surface area (Å²) in [6.45, 7) is -0.126. The summed E-state index contributed by atoms with van der Waals surface area (Å²) < 4.78 is 28.9. The first-order valence-electron chi connectivity index (χ1n) is 10.4. The van der Waals surface area contributed by atoms with Crippen LogP contribution in [0.15, 0.2) is 42.9 Å². The molecule has 2 aliphatic rings. The molecule has 1 unspecified atom stereocenters. The first kappa shape index (κ1) is 20.4. The van der Waals surface area contributed by atoms with Crippen LogP contribution in [0.1, 0.15) is 42.5 Å². The molecule has 0 bridgehead atoms. The van der Waals surface area contributed by atoms with Gasteiger partial charge in [-0.2, -0.15) is 8.42 Å². The van der Waals surface area contributed by atoms with Crippen LogP contribution < -0.4 is 10.5 Å². The highest BCUT2D eigenvalue weighted by Gasteiger charge is 2.35. The average molecular weight is 444 g/mol. The molecule has 31 heavy (non-hydrogen) atoms. The zero-order chi connectivity index (χ0) is 21.6. The van der Waals surface area contributed by atoms with E-state index in [4.69, 9.17) is 9.32 Å². The van der Waals surface area contributed by atoms with Crippen LogP contribution in [0.5, 0.6) is 0 Å². The zero-order valence-electron chi connectivity index (χ0n) is 16.9. The van der Waals surface area contributed by atoms with Crippen LogP contribution in [0.3, 0.4) is 0 Å². The van der Waals surface area contributed by atoms with E-state index < -0.39 is 16.4 Å². The first-order chi connectivity index (χ1) is 14.9. The van der Waals surface area contributed by atoms with Gasteiger partial charge in [0, 0.05) is 18.2 Å². The SMILES string of the molecule is NS(=O)(=O)OC[C@H]1C[C@@H](n2ccc3c(N[C@H]4CCc5ccccc54)ncnc32)CC1O. The lowest BCUT2D eigenvalue weighted by molar-refractivity contribution is 0.100. The van der Waals surface area contributed by atoms with Crippen molar-refractivity contribution in [3.8, 4) is 0 Å². The number of aryl methyl sites for hydroxylation is 1. The van der Waals surface area contributed by atoms with Crippen molar-refractivity contribution in [2.75, 3.05) is 11.9 Å². The summed E-state index contributed by atoms with van der Waals surface area (Å²) in [5.74, 6) is 0.480. The Bertz CT molecular complexity index is 1210. The molecule has 9 nitrogen and oxygen atoms in total. The molecule has 0 amide bonds. The molecular formula is C21H25N5O4S. The van der Waals surface area contributed by atoms with Gasteiger partial charge >= 0.3 is 10.3 Å². The first-order valence-corrected chi connectivity index (χ1v) is 11.9. The van der Waals surface area contributed by atoms with Crippen molar-refractivity contribution in [3.63, 3.8) is 0 Å². The summed E-state index contributed by atoms with van der Waals surface area (Å²) in [7, 11) is -4.03. The predicted molar refractivity (Wildman–Crippen MR) is 115 cm³/mol. The predicted octanol–water partition coefficient (Wildman–Crippen LogP) is 2.06. The summed E-state index contributed by atoms with van der Waals surface area (Å²) in [6.07, 6.45) is 5.96. The molecule has 3 aromatic rings. The Kier molecular flexibility index (Phi) is 5.17. The minimum atomic E-state index is -4.03. The van der Waals surface area contributed by atoms with E-state index >= 15 is 0 Å². The minimum Gasteiger partial charge on any atom is -0.393 e. The van der Waals surface area contributed by atoms with Gasteiger partial charge in [-0.05, 0) is 42.9 Å². The fourth-order valence-corrected chi connectivity index (χ4v) is 5.28. The maximum atomic E-state index is 11.1. The topological polar surface area (TPSA) is 132 Å². The number of nitrogens with zero attached hydrogens (tertiary/aromatic N) is 3. The van der Waals surface area contributed by atoms with Crippen LogP contribution >= 0.6 is 0 Å². The molecule has 2 heterocycles. The van der Waals surface area contributed by atoms with Gasteiger partial charge in [-0.25, -0.2) is 15.1 Å². The van der Waals surface area contributed by atoms with E-state index in [0.29, 0.717) is 12.8 Å². The van der Waals surface area contributed by atoms with Crippen LogP contribution in [-0.4, -0.2) is 40.8 Å². The lowest BCUT2D eigenvalue weighted by Gasteiger charge is -2.16. The summed E-state index contributed by atoms with van der Waals surface area (Å²) in [6, 6.07) is 10.6. The van der Waals surface area contributed by atoms with Gasteiger partial charge in [0.25, 0.3) is 0 Å². The number of nitrogens with two attached hydrogens (primary N) is 1. The number of hydrogen-bond acceptors (Lipinski definition) is 7. The lowest BCUT2D eigenvalue weighted by atomic mass is 10.1. The van der Waals surface area contributed by atoms with Crippen molar-refractivity contribution in [3.05, 3.63) is 54.0 Å². The molecule has 1 fully saturated rings. The van der Waals surface area contributed by atoms with E-state index in [1.165, 1.54) is 11.1 Å². The Labute approximate surface area is 180 Å². The van der Waals surface area contributed by atoms with Crippen LogP contribution in [0, 0.1) is 5.92 Å². The zero-order valence-corrected chi connectivity index (χ0v) is 17.7. The van der Waals surface area contributed by atoms with E-state index in [1.54, 1.807) is 6.33 Å². The summed E-state index contributed by atoms with van der Waals surface area (Å²) in [5, 5.41) is 19.8. The molecule has 0 aliphatic heterocycles. The average Bonchev–Trinajstić information content (AvgIpc) is 3.43. The standard InChI is InChI=1S/C21H25N5O4S/c22-31(28,29)30-11-14-9-15(10-19(14)27)26-8-7-17-20(23-12-24-21(17)26)25-18-6-5-13-3-1-2-4-16(13)18/h1-4,7-8,12,14-15,18-19,27H,5-6,9-11H2,(H2,22,28,29)(H,23,24,25)/t14-,15-,18+,19?/m1/s1. The molecule has 2 aromatic heterocycles. The summed E-state index contributed by atoms with van der Waals surface area (Å²) >= 11 is 0. The van der Waals surface area contributed by atoms with Crippen molar-refractivity contribution < 1.29 is 17.7 Å². The Hall–Kier alpha value is -2.53. The van der Waals surface area contributed by atoms with Crippen molar-refractivity contribution >= 4 is 27.2 Å². The molecule has 0 radical (unpaired) electrons. The minimum absolute atomic E-state index is 0.0171. The molecule has 0 saturated heterocycles. The maximum absolute atomic E-state index is 11.1. The Balaban J connectivity index is 1.37. The normalized spacial score (nSPS) is 25.7. The lowest BCUT2D eigenvalue weighted by Crippen LogP contribution is -2.24. The van der Waals surface area contributed by atoms with Gasteiger partial charge in [0.05, 0.1) is 24.1 Å². The molecule has 4 atom stereocenters. The Morgan fingerprint density at radius 2 is 2.06 bits per heavy atom. The monoisotopic (exact) mass is 443 g/mol. The molecule has 4 N–H and O–H groups in total. The second-order valence-electron chi connectivity index (χ2n) is 8.35.